The van der Waals surface area contributed by atoms with Gasteiger partial charge in [0.05, 0.1) is 6.54 Å². The number of hydrogen-bond donors (Lipinski definition) is 0. The first-order chi connectivity index (χ1) is 8.58. The minimum atomic E-state index is -2.62. The van der Waals surface area contributed by atoms with Gasteiger partial charge in [-0.3, -0.25) is 4.79 Å². The van der Waals surface area contributed by atoms with Crippen molar-refractivity contribution in [2.45, 2.75) is 13.0 Å². The van der Waals surface area contributed by atoms with E-state index in [-0.39, 0.29) is 24.7 Å². The fourth-order valence-corrected chi connectivity index (χ4v) is 1.53. The highest BCUT2D eigenvalue weighted by atomic mass is 35.5. The second-order valence-electron chi connectivity index (χ2n) is 3.44. The van der Waals surface area contributed by atoms with Crippen molar-refractivity contribution in [3.63, 3.8) is 0 Å². The van der Waals surface area contributed by atoms with Gasteiger partial charge in [0.2, 0.25) is 0 Å². The second-order valence-corrected chi connectivity index (χ2v) is 3.82. The molecule has 0 bridgehead atoms. The predicted octanol–water partition coefficient (Wildman–Crippen LogP) is 1.77. The molecular weight excluding hydrogens is 270 g/mol. The molecule has 1 rings (SSSR count). The fraction of sp³-hybridized carbons (Fsp3) is 0.600. The lowest BCUT2D eigenvalue weighted by Gasteiger charge is -2.19. The number of hydrogen-bond acceptors (Lipinski definition) is 4. The Morgan fingerprint density at radius 3 is 2.94 bits per heavy atom. The monoisotopic (exact) mass is 282 g/mol. The smallest absolute Gasteiger partial charge is 0.276 e. The van der Waals surface area contributed by atoms with Crippen molar-refractivity contribution in [1.82, 2.24) is 10.1 Å². The van der Waals surface area contributed by atoms with E-state index in [1.165, 1.54) is 13.2 Å². The number of ether oxygens (including phenoxy) is 1. The van der Waals surface area contributed by atoms with Crippen molar-refractivity contribution in [3.05, 3.63) is 17.5 Å². The molecule has 1 amide bonds. The van der Waals surface area contributed by atoms with Crippen molar-refractivity contribution in [1.29, 1.82) is 0 Å². The van der Waals surface area contributed by atoms with Gasteiger partial charge < -0.3 is 14.2 Å². The van der Waals surface area contributed by atoms with Gasteiger partial charge in [-0.1, -0.05) is 5.16 Å². The van der Waals surface area contributed by atoms with E-state index in [2.05, 4.69) is 5.16 Å². The SMILES string of the molecule is COCc1cc(C(=O)N(CCCl)CC(F)F)no1. The molecule has 1 aromatic rings. The van der Waals surface area contributed by atoms with Crippen LogP contribution in [0.15, 0.2) is 10.6 Å². The van der Waals surface area contributed by atoms with Crippen molar-refractivity contribution in [2.24, 2.45) is 0 Å². The summed E-state index contributed by atoms with van der Waals surface area (Å²) in [7, 11) is 1.46. The predicted molar refractivity (Wildman–Crippen MR) is 59.8 cm³/mol. The van der Waals surface area contributed by atoms with Gasteiger partial charge in [-0.2, -0.15) is 0 Å². The number of nitrogens with zero attached hydrogens (tertiary/aromatic N) is 2. The molecular formula is C10H13ClF2N2O3. The van der Waals surface area contributed by atoms with E-state index in [0.717, 1.165) is 4.90 Å². The number of aromatic nitrogens is 1. The van der Waals surface area contributed by atoms with Gasteiger partial charge in [0, 0.05) is 25.6 Å². The summed E-state index contributed by atoms with van der Waals surface area (Å²) in [5.74, 6) is -0.216. The summed E-state index contributed by atoms with van der Waals surface area (Å²) in [5, 5.41) is 3.51. The van der Waals surface area contributed by atoms with Gasteiger partial charge in [-0.25, -0.2) is 8.78 Å². The van der Waals surface area contributed by atoms with Crippen LogP contribution in [0.1, 0.15) is 16.2 Å². The Balaban J connectivity index is 2.74. The zero-order valence-corrected chi connectivity index (χ0v) is 10.5. The molecule has 0 fully saturated rings. The van der Waals surface area contributed by atoms with E-state index in [1.54, 1.807) is 0 Å². The van der Waals surface area contributed by atoms with Crippen molar-refractivity contribution in [3.8, 4) is 0 Å². The van der Waals surface area contributed by atoms with Gasteiger partial charge in [-0.15, -0.1) is 11.6 Å². The minimum absolute atomic E-state index is 0.0250. The van der Waals surface area contributed by atoms with Gasteiger partial charge in [0.1, 0.15) is 6.61 Å². The number of methoxy groups -OCH3 is 1. The molecule has 0 radical (unpaired) electrons. The van der Waals surface area contributed by atoms with Crippen molar-refractivity contribution < 1.29 is 22.8 Å². The molecule has 1 aromatic heterocycles. The summed E-state index contributed by atoms with van der Waals surface area (Å²) in [6.45, 7) is -0.500. The lowest BCUT2D eigenvalue weighted by Crippen LogP contribution is -2.36. The lowest BCUT2D eigenvalue weighted by molar-refractivity contribution is 0.0562. The average Bonchev–Trinajstić information content (AvgIpc) is 2.76. The molecule has 18 heavy (non-hydrogen) atoms. The molecule has 0 spiro atoms. The van der Waals surface area contributed by atoms with E-state index < -0.39 is 18.9 Å². The Morgan fingerprint density at radius 1 is 1.67 bits per heavy atom. The fourth-order valence-electron chi connectivity index (χ4n) is 1.33. The summed E-state index contributed by atoms with van der Waals surface area (Å²) in [5.41, 5.74) is -0.0344. The molecule has 0 aliphatic heterocycles. The molecule has 0 aromatic carbocycles. The Kier molecular flexibility index (Phi) is 6.00. The minimum Gasteiger partial charge on any atom is -0.377 e. The van der Waals surface area contributed by atoms with E-state index in [9.17, 15) is 13.6 Å². The summed E-state index contributed by atoms with van der Waals surface area (Å²) >= 11 is 5.46. The molecule has 0 aliphatic carbocycles. The molecule has 0 N–H and O–H groups in total. The van der Waals surface area contributed by atoms with Crippen molar-refractivity contribution in [2.75, 3.05) is 26.1 Å². The maximum Gasteiger partial charge on any atom is 0.276 e. The highest BCUT2D eigenvalue weighted by Gasteiger charge is 2.22. The van der Waals surface area contributed by atoms with Crippen LogP contribution in [0.2, 0.25) is 0 Å². The Hall–Kier alpha value is -1.21. The molecule has 102 valence electrons. The van der Waals surface area contributed by atoms with Gasteiger partial charge >= 0.3 is 0 Å². The van der Waals surface area contributed by atoms with Crippen LogP contribution in [0, 0.1) is 0 Å². The Morgan fingerprint density at radius 2 is 2.39 bits per heavy atom. The first kappa shape index (κ1) is 14.8. The number of carbonyl (C=O) groups excluding carboxylic acids is 1. The van der Waals surface area contributed by atoms with Crippen LogP contribution in [0.4, 0.5) is 8.78 Å². The van der Waals surface area contributed by atoms with Crippen LogP contribution < -0.4 is 0 Å². The first-order valence-electron chi connectivity index (χ1n) is 5.16. The molecule has 0 aliphatic rings. The Labute approximate surface area is 108 Å². The third-order valence-corrected chi connectivity index (χ3v) is 2.23. The molecule has 0 atom stereocenters. The number of amides is 1. The van der Waals surface area contributed by atoms with Crippen LogP contribution in [0.5, 0.6) is 0 Å². The Bertz CT molecular complexity index is 387. The standard InChI is InChI=1S/C10H13ClF2N2O3/c1-17-6-7-4-8(14-18-7)10(16)15(3-2-11)5-9(12)13/h4,9H,2-3,5-6H2,1H3. The summed E-state index contributed by atoms with van der Waals surface area (Å²) < 4.78 is 34.2. The summed E-state index contributed by atoms with van der Waals surface area (Å²) in [6.07, 6.45) is -2.62. The largest absolute Gasteiger partial charge is 0.377 e. The average molecular weight is 283 g/mol. The summed E-state index contributed by atoms with van der Waals surface area (Å²) in [6, 6.07) is 1.36. The van der Waals surface area contributed by atoms with Crippen molar-refractivity contribution >= 4 is 17.5 Å². The topological polar surface area (TPSA) is 55.6 Å². The van der Waals surface area contributed by atoms with E-state index in [0.29, 0.717) is 5.76 Å². The molecule has 0 saturated heterocycles. The third kappa shape index (κ3) is 4.23. The van der Waals surface area contributed by atoms with E-state index in [4.69, 9.17) is 20.9 Å². The normalized spacial score (nSPS) is 10.9. The van der Waals surface area contributed by atoms with Crippen LogP contribution in [-0.2, 0) is 11.3 Å². The van der Waals surface area contributed by atoms with Gasteiger partial charge in [-0.05, 0) is 0 Å². The van der Waals surface area contributed by atoms with E-state index in [1.807, 2.05) is 0 Å². The van der Waals surface area contributed by atoms with Crippen LogP contribution in [-0.4, -0.2) is 48.5 Å². The number of alkyl halides is 3. The zero-order chi connectivity index (χ0) is 13.5. The van der Waals surface area contributed by atoms with Crippen LogP contribution >= 0.6 is 11.6 Å². The van der Waals surface area contributed by atoms with Gasteiger partial charge in [0.15, 0.2) is 11.5 Å². The van der Waals surface area contributed by atoms with Crippen LogP contribution in [0.25, 0.3) is 0 Å². The second kappa shape index (κ2) is 7.27. The highest BCUT2D eigenvalue weighted by Crippen LogP contribution is 2.10. The quantitative estimate of drug-likeness (QED) is 0.715. The highest BCUT2D eigenvalue weighted by molar-refractivity contribution is 6.18. The number of rotatable bonds is 7. The van der Waals surface area contributed by atoms with E-state index >= 15 is 0 Å². The maximum absolute atomic E-state index is 12.3. The molecule has 0 saturated carbocycles. The summed E-state index contributed by atoms with van der Waals surface area (Å²) in [4.78, 5) is 12.8. The maximum atomic E-state index is 12.3. The number of carbonyl (C=O) groups is 1. The molecule has 0 unspecified atom stereocenters. The van der Waals surface area contributed by atoms with Gasteiger partial charge in [0.25, 0.3) is 12.3 Å². The van der Waals surface area contributed by atoms with Crippen LogP contribution in [0.3, 0.4) is 0 Å². The third-order valence-electron chi connectivity index (χ3n) is 2.06. The molecule has 5 nitrogen and oxygen atoms in total. The first-order valence-corrected chi connectivity index (χ1v) is 5.69. The zero-order valence-electron chi connectivity index (χ0n) is 9.74. The molecule has 1 heterocycles. The number of halogens is 3. The lowest BCUT2D eigenvalue weighted by atomic mass is 10.3. The molecule has 8 heteroatoms.